The van der Waals surface area contributed by atoms with Crippen LogP contribution >= 0.6 is 0 Å². The second-order valence-corrected chi connectivity index (χ2v) is 5.64. The van der Waals surface area contributed by atoms with Crippen LogP contribution in [0.15, 0.2) is 24.3 Å². The lowest BCUT2D eigenvalue weighted by molar-refractivity contribution is 0.0526. The van der Waals surface area contributed by atoms with E-state index >= 15 is 0 Å². The van der Waals surface area contributed by atoms with Crippen LogP contribution in [0.25, 0.3) is 0 Å². The first-order chi connectivity index (χ1) is 10.3. The largest absolute Gasteiger partial charge is 0.494 e. The van der Waals surface area contributed by atoms with Crippen molar-refractivity contribution in [3.63, 3.8) is 0 Å². The van der Waals surface area contributed by atoms with Gasteiger partial charge in [0.2, 0.25) is 0 Å². The van der Waals surface area contributed by atoms with Gasteiger partial charge in [-0.2, -0.15) is 0 Å². The van der Waals surface area contributed by atoms with Crippen LogP contribution in [0.1, 0.15) is 38.1 Å². The molecule has 0 spiro atoms. The van der Waals surface area contributed by atoms with Crippen molar-refractivity contribution in [2.45, 2.75) is 33.3 Å². The minimum Gasteiger partial charge on any atom is -0.494 e. The summed E-state index contributed by atoms with van der Waals surface area (Å²) in [5.41, 5.74) is 0.0102. The van der Waals surface area contributed by atoms with Gasteiger partial charge in [0.1, 0.15) is 11.4 Å². The van der Waals surface area contributed by atoms with Gasteiger partial charge in [-0.3, -0.25) is 4.79 Å². The molecule has 6 nitrogen and oxygen atoms in total. The third kappa shape index (κ3) is 6.97. The predicted octanol–water partition coefficient (Wildman–Crippen LogP) is 2.34. The summed E-state index contributed by atoms with van der Waals surface area (Å²) in [7, 11) is 0. The number of carbonyl (C=O) groups is 2. The van der Waals surface area contributed by atoms with E-state index in [1.807, 2.05) is 6.92 Å². The zero-order valence-corrected chi connectivity index (χ0v) is 13.6. The quantitative estimate of drug-likeness (QED) is 0.791. The van der Waals surface area contributed by atoms with Gasteiger partial charge in [0, 0.05) is 18.7 Å². The van der Waals surface area contributed by atoms with E-state index in [0.717, 1.165) is 5.75 Å². The van der Waals surface area contributed by atoms with E-state index in [4.69, 9.17) is 9.47 Å². The molecule has 6 heteroatoms. The van der Waals surface area contributed by atoms with E-state index in [-0.39, 0.29) is 5.91 Å². The number of rotatable bonds is 6. The number of benzene rings is 1. The first kappa shape index (κ1) is 17.8. The topological polar surface area (TPSA) is 76.7 Å². The summed E-state index contributed by atoms with van der Waals surface area (Å²) in [5, 5.41) is 5.29. The molecule has 0 aliphatic rings. The second-order valence-electron chi connectivity index (χ2n) is 5.64. The lowest BCUT2D eigenvalue weighted by atomic mass is 10.2. The molecule has 0 saturated heterocycles. The third-order valence-electron chi connectivity index (χ3n) is 2.51. The Kier molecular flexibility index (Phi) is 6.69. The molecule has 2 N–H and O–H groups in total. The fourth-order valence-electron chi connectivity index (χ4n) is 1.63. The van der Waals surface area contributed by atoms with Crippen LogP contribution in [0.5, 0.6) is 5.75 Å². The Morgan fingerprint density at radius 2 is 1.64 bits per heavy atom. The fraction of sp³-hybridized carbons (Fsp3) is 0.500. The minimum absolute atomic E-state index is 0.200. The zero-order valence-electron chi connectivity index (χ0n) is 13.6. The van der Waals surface area contributed by atoms with Crippen molar-refractivity contribution in [1.29, 1.82) is 0 Å². The standard InChI is InChI=1S/C16H24N2O4/c1-5-21-13-8-6-12(7-9-13)14(19)17-10-11-18-15(20)22-16(2,3)4/h6-9H,5,10-11H2,1-4H3,(H,17,19)(H,18,20). The Morgan fingerprint density at radius 3 is 2.18 bits per heavy atom. The molecule has 0 heterocycles. The lowest BCUT2D eigenvalue weighted by Crippen LogP contribution is -2.37. The van der Waals surface area contributed by atoms with Crippen molar-refractivity contribution in [1.82, 2.24) is 10.6 Å². The van der Waals surface area contributed by atoms with Gasteiger partial charge in [0.25, 0.3) is 5.91 Å². The minimum atomic E-state index is -0.532. The van der Waals surface area contributed by atoms with Crippen LogP contribution in [0.4, 0.5) is 4.79 Å². The van der Waals surface area contributed by atoms with Crippen molar-refractivity contribution >= 4 is 12.0 Å². The SMILES string of the molecule is CCOc1ccc(C(=O)NCCNC(=O)OC(C)(C)C)cc1. The van der Waals surface area contributed by atoms with E-state index in [0.29, 0.717) is 25.3 Å². The van der Waals surface area contributed by atoms with Gasteiger partial charge in [-0.05, 0) is 52.0 Å². The summed E-state index contributed by atoms with van der Waals surface area (Å²) in [6.07, 6.45) is -0.497. The summed E-state index contributed by atoms with van der Waals surface area (Å²) in [4.78, 5) is 23.3. The molecule has 1 rings (SSSR count). The lowest BCUT2D eigenvalue weighted by Gasteiger charge is -2.19. The molecule has 0 fully saturated rings. The van der Waals surface area contributed by atoms with Gasteiger partial charge in [-0.15, -0.1) is 0 Å². The summed E-state index contributed by atoms with van der Waals surface area (Å²) in [5.74, 6) is 0.527. The number of nitrogens with one attached hydrogen (secondary N) is 2. The van der Waals surface area contributed by atoms with Crippen LogP contribution in [0, 0.1) is 0 Å². The van der Waals surface area contributed by atoms with Gasteiger partial charge < -0.3 is 20.1 Å². The maximum Gasteiger partial charge on any atom is 0.407 e. The highest BCUT2D eigenvalue weighted by atomic mass is 16.6. The summed E-state index contributed by atoms with van der Waals surface area (Å²) >= 11 is 0. The van der Waals surface area contributed by atoms with Crippen LogP contribution in [0.3, 0.4) is 0 Å². The molecular weight excluding hydrogens is 284 g/mol. The third-order valence-corrected chi connectivity index (χ3v) is 2.51. The van der Waals surface area contributed by atoms with Crippen LogP contribution in [-0.4, -0.2) is 37.3 Å². The van der Waals surface area contributed by atoms with Gasteiger partial charge in [0.05, 0.1) is 6.61 Å². The summed E-state index contributed by atoms with van der Waals surface area (Å²) in [6, 6.07) is 6.89. The maximum atomic E-state index is 11.9. The molecule has 2 amide bonds. The molecule has 0 radical (unpaired) electrons. The number of hydrogen-bond donors (Lipinski definition) is 2. The van der Waals surface area contributed by atoms with E-state index in [9.17, 15) is 9.59 Å². The molecule has 122 valence electrons. The van der Waals surface area contributed by atoms with Crippen molar-refractivity contribution < 1.29 is 19.1 Å². The molecule has 0 atom stereocenters. The fourth-order valence-corrected chi connectivity index (χ4v) is 1.63. The Labute approximate surface area is 131 Å². The van der Waals surface area contributed by atoms with Crippen LogP contribution in [0.2, 0.25) is 0 Å². The van der Waals surface area contributed by atoms with Crippen molar-refractivity contribution in [2.75, 3.05) is 19.7 Å². The maximum absolute atomic E-state index is 11.9. The normalized spacial score (nSPS) is 10.7. The second kappa shape index (κ2) is 8.26. The average Bonchev–Trinajstić information content (AvgIpc) is 2.42. The number of amides is 2. The Hall–Kier alpha value is -2.24. The van der Waals surface area contributed by atoms with Crippen molar-refractivity contribution in [3.8, 4) is 5.75 Å². The highest BCUT2D eigenvalue weighted by molar-refractivity contribution is 5.94. The number of ether oxygens (including phenoxy) is 2. The Balaban J connectivity index is 2.30. The number of carbonyl (C=O) groups excluding carboxylic acids is 2. The van der Waals surface area contributed by atoms with Crippen molar-refractivity contribution in [3.05, 3.63) is 29.8 Å². The highest BCUT2D eigenvalue weighted by Crippen LogP contribution is 2.11. The number of hydrogen-bond acceptors (Lipinski definition) is 4. The highest BCUT2D eigenvalue weighted by Gasteiger charge is 2.15. The molecule has 1 aromatic carbocycles. The van der Waals surface area contributed by atoms with E-state index in [1.54, 1.807) is 45.0 Å². The summed E-state index contributed by atoms with van der Waals surface area (Å²) in [6.45, 7) is 8.49. The van der Waals surface area contributed by atoms with Gasteiger partial charge in [0.15, 0.2) is 0 Å². The van der Waals surface area contributed by atoms with Crippen LogP contribution < -0.4 is 15.4 Å². The van der Waals surface area contributed by atoms with Gasteiger partial charge >= 0.3 is 6.09 Å². The first-order valence-electron chi connectivity index (χ1n) is 7.29. The predicted molar refractivity (Wildman–Crippen MR) is 84.2 cm³/mol. The average molecular weight is 308 g/mol. The van der Waals surface area contributed by atoms with Crippen LogP contribution in [-0.2, 0) is 4.74 Å². The Morgan fingerprint density at radius 1 is 1.05 bits per heavy atom. The molecule has 0 saturated carbocycles. The molecule has 0 aromatic heterocycles. The van der Waals surface area contributed by atoms with Gasteiger partial charge in [-0.25, -0.2) is 4.79 Å². The van der Waals surface area contributed by atoms with Gasteiger partial charge in [-0.1, -0.05) is 0 Å². The van der Waals surface area contributed by atoms with Crippen molar-refractivity contribution in [2.24, 2.45) is 0 Å². The summed E-state index contributed by atoms with van der Waals surface area (Å²) < 4.78 is 10.4. The number of alkyl carbamates (subject to hydrolysis) is 1. The Bertz CT molecular complexity index is 492. The molecule has 0 unspecified atom stereocenters. The molecule has 1 aromatic rings. The smallest absolute Gasteiger partial charge is 0.407 e. The molecule has 0 aliphatic heterocycles. The van der Waals surface area contributed by atoms with E-state index < -0.39 is 11.7 Å². The molecule has 0 bridgehead atoms. The molecular formula is C16H24N2O4. The monoisotopic (exact) mass is 308 g/mol. The van der Waals surface area contributed by atoms with E-state index in [1.165, 1.54) is 0 Å². The van der Waals surface area contributed by atoms with E-state index in [2.05, 4.69) is 10.6 Å². The first-order valence-corrected chi connectivity index (χ1v) is 7.29. The zero-order chi connectivity index (χ0) is 16.6. The molecule has 22 heavy (non-hydrogen) atoms. The molecule has 0 aliphatic carbocycles.